The van der Waals surface area contributed by atoms with Crippen LogP contribution in [0.5, 0.6) is 0 Å². The van der Waals surface area contributed by atoms with Crippen LogP contribution in [-0.2, 0) is 27.6 Å². The maximum absolute atomic E-state index is 13.8. The van der Waals surface area contributed by atoms with Crippen LogP contribution >= 0.6 is 0 Å². The first-order valence-corrected chi connectivity index (χ1v) is 11.3. The first kappa shape index (κ1) is 21.1. The van der Waals surface area contributed by atoms with Gasteiger partial charge in [0.2, 0.25) is 0 Å². The van der Waals surface area contributed by atoms with Gasteiger partial charge in [0.25, 0.3) is 10.0 Å². The monoisotopic (exact) mass is 413 g/mol. The number of sulfonamides is 1. The summed E-state index contributed by atoms with van der Waals surface area (Å²) in [5.41, 5.74) is 3.41. The van der Waals surface area contributed by atoms with Gasteiger partial charge in [0.15, 0.2) is 0 Å². The summed E-state index contributed by atoms with van der Waals surface area (Å²) in [6.07, 6.45) is 4.62. The summed E-state index contributed by atoms with van der Waals surface area (Å²) < 4.78 is 34.0. The zero-order valence-corrected chi connectivity index (χ0v) is 18.0. The first-order valence-electron chi connectivity index (χ1n) is 9.89. The van der Waals surface area contributed by atoms with Crippen LogP contribution < -0.4 is 4.31 Å². The average Bonchev–Trinajstić information content (AvgIpc) is 2.76. The summed E-state index contributed by atoms with van der Waals surface area (Å²) in [5, 5.41) is 0. The van der Waals surface area contributed by atoms with Crippen molar-refractivity contribution in [3.8, 4) is 0 Å². The molecule has 0 spiro atoms. The zero-order chi connectivity index (χ0) is 21.2. The number of ether oxygens (including phenoxy) is 1. The fraction of sp³-hybridized carbons (Fsp3) is 0.348. The number of nitrogens with zero attached hydrogens (tertiary/aromatic N) is 1. The second-order valence-corrected chi connectivity index (χ2v) is 8.91. The van der Waals surface area contributed by atoms with E-state index in [1.54, 1.807) is 12.1 Å². The average molecular weight is 414 g/mol. The summed E-state index contributed by atoms with van der Waals surface area (Å²) >= 11 is 0. The van der Waals surface area contributed by atoms with Crippen molar-refractivity contribution in [3.05, 3.63) is 65.2 Å². The number of benzene rings is 2. The molecule has 2 aromatic carbocycles. The highest BCUT2D eigenvalue weighted by Crippen LogP contribution is 2.38. The molecule has 5 nitrogen and oxygen atoms in total. The Bertz CT molecular complexity index is 1040. The molecule has 1 aliphatic heterocycles. The Morgan fingerprint density at radius 1 is 1.28 bits per heavy atom. The van der Waals surface area contributed by atoms with E-state index in [9.17, 15) is 13.2 Å². The number of carbonyl (C=O) groups excluding carboxylic acids is 1. The van der Waals surface area contributed by atoms with Gasteiger partial charge in [-0.3, -0.25) is 4.31 Å². The fourth-order valence-electron chi connectivity index (χ4n) is 3.98. The van der Waals surface area contributed by atoms with Crippen LogP contribution in [0, 0.1) is 0 Å². The fourth-order valence-corrected chi connectivity index (χ4v) is 6.00. The van der Waals surface area contributed by atoms with Gasteiger partial charge >= 0.3 is 5.97 Å². The van der Waals surface area contributed by atoms with Crippen LogP contribution in [-0.4, -0.2) is 27.5 Å². The van der Waals surface area contributed by atoms with E-state index in [4.69, 9.17) is 4.74 Å². The summed E-state index contributed by atoms with van der Waals surface area (Å²) in [7, 11) is -2.64. The molecule has 154 valence electrons. The van der Waals surface area contributed by atoms with Crippen LogP contribution in [0.1, 0.15) is 53.7 Å². The molecule has 0 N–H and O–H groups in total. The lowest BCUT2D eigenvalue weighted by Gasteiger charge is -2.38. The van der Waals surface area contributed by atoms with Crippen molar-refractivity contribution >= 4 is 27.8 Å². The van der Waals surface area contributed by atoms with Crippen molar-refractivity contribution in [2.75, 3.05) is 11.4 Å². The summed E-state index contributed by atoms with van der Waals surface area (Å²) in [5.74, 6) is -0.587. The standard InChI is InChI=1S/C23H27NO4S/c1-5-16-11-14-21-17(15-16)12-13-18(6-2)24(21)29(26,27)22-10-8-9-20(19(22)7-3)23(25)28-4/h7-11,14-15,18H,3,5-6,12-13H2,1-2,4H3. The van der Waals surface area contributed by atoms with Crippen LogP contribution in [0.15, 0.2) is 47.9 Å². The van der Waals surface area contributed by atoms with Gasteiger partial charge in [-0.2, -0.15) is 0 Å². The zero-order valence-electron chi connectivity index (χ0n) is 17.1. The van der Waals surface area contributed by atoms with Crippen LogP contribution in [0.4, 0.5) is 5.69 Å². The predicted octanol–water partition coefficient (Wildman–Crippen LogP) is 4.60. The number of rotatable bonds is 6. The lowest BCUT2D eigenvalue weighted by molar-refractivity contribution is 0.0600. The van der Waals surface area contributed by atoms with Crippen molar-refractivity contribution in [1.82, 2.24) is 0 Å². The van der Waals surface area contributed by atoms with Crippen molar-refractivity contribution in [2.24, 2.45) is 0 Å². The van der Waals surface area contributed by atoms with Gasteiger partial charge in [0, 0.05) is 11.6 Å². The highest BCUT2D eigenvalue weighted by atomic mass is 32.2. The third-order valence-electron chi connectivity index (χ3n) is 5.55. The van der Waals surface area contributed by atoms with Crippen LogP contribution in [0.25, 0.3) is 6.08 Å². The van der Waals surface area contributed by atoms with E-state index in [1.807, 2.05) is 19.1 Å². The number of hydrogen-bond donors (Lipinski definition) is 0. The number of anilines is 1. The van der Waals surface area contributed by atoms with E-state index >= 15 is 0 Å². The smallest absolute Gasteiger partial charge is 0.338 e. The number of fused-ring (bicyclic) bond motifs is 1. The molecule has 2 aromatic rings. The Morgan fingerprint density at radius 2 is 2.03 bits per heavy atom. The summed E-state index contributed by atoms with van der Waals surface area (Å²) in [4.78, 5) is 12.2. The molecule has 0 bridgehead atoms. The Hall–Kier alpha value is -2.60. The largest absolute Gasteiger partial charge is 0.465 e. The van der Waals surface area contributed by atoms with Gasteiger partial charge in [-0.05, 0) is 55.0 Å². The molecular formula is C23H27NO4S. The number of esters is 1. The SMILES string of the molecule is C=Cc1c(C(=O)OC)cccc1S(=O)(=O)N1c2ccc(CC)cc2CCC1CC. The molecule has 0 saturated carbocycles. The molecule has 0 aromatic heterocycles. The third kappa shape index (κ3) is 3.69. The van der Waals surface area contributed by atoms with Crippen molar-refractivity contribution in [2.45, 2.75) is 50.5 Å². The van der Waals surface area contributed by atoms with Crippen molar-refractivity contribution in [1.29, 1.82) is 0 Å². The number of aryl methyl sites for hydroxylation is 2. The van der Waals surface area contributed by atoms with Crippen LogP contribution in [0.2, 0.25) is 0 Å². The van der Waals surface area contributed by atoms with Crippen molar-refractivity contribution in [3.63, 3.8) is 0 Å². The Kier molecular flexibility index (Phi) is 6.13. The lowest BCUT2D eigenvalue weighted by Crippen LogP contribution is -2.43. The van der Waals surface area contributed by atoms with Gasteiger partial charge in [0.1, 0.15) is 0 Å². The van der Waals surface area contributed by atoms with Gasteiger partial charge in [0.05, 0.1) is 23.3 Å². The summed E-state index contributed by atoms with van der Waals surface area (Å²) in [6.45, 7) is 7.83. The first-order chi connectivity index (χ1) is 13.9. The predicted molar refractivity (Wildman–Crippen MR) is 116 cm³/mol. The van der Waals surface area contributed by atoms with E-state index in [-0.39, 0.29) is 22.1 Å². The van der Waals surface area contributed by atoms with Crippen LogP contribution in [0.3, 0.4) is 0 Å². The Morgan fingerprint density at radius 3 is 2.66 bits per heavy atom. The molecule has 1 unspecified atom stereocenters. The number of methoxy groups -OCH3 is 1. The Balaban J connectivity index is 2.22. The molecule has 1 heterocycles. The maximum Gasteiger partial charge on any atom is 0.338 e. The molecule has 0 aliphatic carbocycles. The maximum atomic E-state index is 13.8. The van der Waals surface area contributed by atoms with E-state index in [1.165, 1.54) is 29.1 Å². The molecular weight excluding hydrogens is 386 g/mol. The highest BCUT2D eigenvalue weighted by Gasteiger charge is 2.36. The number of hydrogen-bond acceptors (Lipinski definition) is 4. The van der Waals surface area contributed by atoms with E-state index in [2.05, 4.69) is 19.6 Å². The quantitative estimate of drug-likeness (QED) is 0.650. The van der Waals surface area contributed by atoms with Crippen molar-refractivity contribution < 1.29 is 17.9 Å². The van der Waals surface area contributed by atoms with E-state index < -0.39 is 16.0 Å². The molecule has 0 saturated heterocycles. The second kappa shape index (κ2) is 8.41. The van der Waals surface area contributed by atoms with E-state index in [0.717, 1.165) is 30.5 Å². The highest BCUT2D eigenvalue weighted by molar-refractivity contribution is 7.93. The molecule has 0 radical (unpaired) electrons. The van der Waals surface area contributed by atoms with Gasteiger partial charge < -0.3 is 4.74 Å². The van der Waals surface area contributed by atoms with Gasteiger partial charge in [-0.1, -0.05) is 44.7 Å². The minimum absolute atomic E-state index is 0.0706. The molecule has 3 rings (SSSR count). The number of carbonyl (C=O) groups is 1. The second-order valence-electron chi connectivity index (χ2n) is 7.13. The Labute approximate surface area is 173 Å². The lowest BCUT2D eigenvalue weighted by atomic mass is 9.94. The normalized spacial score (nSPS) is 16.2. The third-order valence-corrected chi connectivity index (χ3v) is 7.48. The van der Waals surface area contributed by atoms with E-state index in [0.29, 0.717) is 6.42 Å². The molecule has 1 aliphatic rings. The molecule has 0 amide bonds. The van der Waals surface area contributed by atoms with Gasteiger partial charge in [-0.25, -0.2) is 13.2 Å². The molecule has 0 fully saturated rings. The molecule has 1 atom stereocenters. The minimum atomic E-state index is -3.91. The molecule has 29 heavy (non-hydrogen) atoms. The topological polar surface area (TPSA) is 63.7 Å². The minimum Gasteiger partial charge on any atom is -0.465 e. The van der Waals surface area contributed by atoms with Gasteiger partial charge in [-0.15, -0.1) is 0 Å². The summed E-state index contributed by atoms with van der Waals surface area (Å²) in [6, 6.07) is 10.5. The molecule has 6 heteroatoms.